The highest BCUT2D eigenvalue weighted by atomic mass is 19.1. The molecule has 1 heterocycles. The topological polar surface area (TPSA) is 81.9 Å². The molecule has 0 saturated heterocycles. The van der Waals surface area contributed by atoms with E-state index in [-0.39, 0.29) is 11.7 Å². The van der Waals surface area contributed by atoms with Crippen LogP contribution >= 0.6 is 0 Å². The summed E-state index contributed by atoms with van der Waals surface area (Å²) in [5, 5.41) is 13.8. The molecule has 1 aromatic heterocycles. The summed E-state index contributed by atoms with van der Waals surface area (Å²) in [5.74, 6) is 0.193. The first-order valence-electron chi connectivity index (χ1n) is 8.22. The van der Waals surface area contributed by atoms with Crippen LogP contribution in [-0.4, -0.2) is 39.3 Å². The average Bonchev–Trinajstić information content (AvgIpc) is 3.21. The van der Waals surface area contributed by atoms with Crippen LogP contribution in [0.4, 0.5) is 4.39 Å². The number of hydrogen-bond donors (Lipinski definition) is 1. The molecule has 3 rings (SSSR count). The predicted octanol–water partition coefficient (Wildman–Crippen LogP) is 2.39. The van der Waals surface area contributed by atoms with E-state index in [2.05, 4.69) is 20.8 Å². The first kappa shape index (κ1) is 17.5. The summed E-state index contributed by atoms with van der Waals surface area (Å²) in [6.07, 6.45) is 3.03. The number of rotatable bonds is 8. The average molecular weight is 355 g/mol. The van der Waals surface area contributed by atoms with Gasteiger partial charge in [-0.25, -0.2) is 9.07 Å². The van der Waals surface area contributed by atoms with Crippen molar-refractivity contribution < 1.29 is 13.9 Å². The summed E-state index contributed by atoms with van der Waals surface area (Å²) in [4.78, 5) is 12.2. The van der Waals surface area contributed by atoms with Crippen LogP contribution in [0.15, 0.2) is 54.9 Å². The van der Waals surface area contributed by atoms with Gasteiger partial charge in [-0.15, -0.1) is 5.10 Å². The van der Waals surface area contributed by atoms with Crippen molar-refractivity contribution in [1.82, 2.24) is 25.5 Å². The van der Waals surface area contributed by atoms with E-state index < -0.39 is 0 Å². The van der Waals surface area contributed by atoms with Crippen LogP contribution < -0.4 is 10.1 Å². The molecule has 0 aliphatic carbocycles. The number of carbonyl (C=O) groups is 1. The molecule has 0 radical (unpaired) electrons. The lowest BCUT2D eigenvalue weighted by Crippen LogP contribution is -2.24. The Labute approximate surface area is 149 Å². The number of tetrazole rings is 1. The summed E-state index contributed by atoms with van der Waals surface area (Å²) in [6.45, 7) is 1.05. The largest absolute Gasteiger partial charge is 0.494 e. The molecule has 26 heavy (non-hydrogen) atoms. The van der Waals surface area contributed by atoms with Gasteiger partial charge in [-0.05, 0) is 65.7 Å². The van der Waals surface area contributed by atoms with Gasteiger partial charge in [0.25, 0.3) is 5.91 Å². The lowest BCUT2D eigenvalue weighted by atomic mass is 10.2. The predicted molar refractivity (Wildman–Crippen MR) is 92.6 cm³/mol. The number of unbranched alkanes of at least 4 members (excludes halogenated alkanes) is 1. The number of nitrogens with one attached hydrogen (secondary N) is 1. The van der Waals surface area contributed by atoms with E-state index in [9.17, 15) is 9.18 Å². The Balaban J connectivity index is 1.39. The van der Waals surface area contributed by atoms with Crippen LogP contribution in [0.1, 0.15) is 23.2 Å². The Morgan fingerprint density at radius 2 is 2.00 bits per heavy atom. The fourth-order valence-electron chi connectivity index (χ4n) is 2.32. The van der Waals surface area contributed by atoms with Crippen molar-refractivity contribution in [3.8, 4) is 11.4 Å². The maximum absolute atomic E-state index is 12.8. The quantitative estimate of drug-likeness (QED) is 0.628. The molecule has 0 atom stereocenters. The first-order valence-corrected chi connectivity index (χ1v) is 8.22. The van der Waals surface area contributed by atoms with E-state index >= 15 is 0 Å². The number of hydrogen-bond acceptors (Lipinski definition) is 5. The summed E-state index contributed by atoms with van der Waals surface area (Å²) in [6, 6.07) is 13.0. The molecule has 134 valence electrons. The molecule has 0 aliphatic rings. The third kappa shape index (κ3) is 4.85. The molecular weight excluding hydrogens is 337 g/mol. The summed E-state index contributed by atoms with van der Waals surface area (Å²) >= 11 is 0. The van der Waals surface area contributed by atoms with E-state index in [0.717, 1.165) is 18.5 Å². The smallest absolute Gasteiger partial charge is 0.251 e. The molecule has 2 aromatic carbocycles. The summed E-state index contributed by atoms with van der Waals surface area (Å²) in [5.41, 5.74) is 1.26. The Bertz CT molecular complexity index is 837. The molecule has 0 unspecified atom stereocenters. The summed E-state index contributed by atoms with van der Waals surface area (Å²) in [7, 11) is 0. The second kappa shape index (κ2) is 8.70. The van der Waals surface area contributed by atoms with Gasteiger partial charge >= 0.3 is 0 Å². The SMILES string of the molecule is O=C(NCCCCOc1ccc(F)cc1)c1cccc(-n2cnnn2)c1. The summed E-state index contributed by atoms with van der Waals surface area (Å²) < 4.78 is 19.8. The van der Waals surface area contributed by atoms with Gasteiger partial charge in [0, 0.05) is 12.1 Å². The van der Waals surface area contributed by atoms with E-state index in [4.69, 9.17) is 4.74 Å². The Morgan fingerprint density at radius 3 is 2.77 bits per heavy atom. The van der Waals surface area contributed by atoms with Crippen molar-refractivity contribution in [3.05, 3.63) is 66.2 Å². The first-order chi connectivity index (χ1) is 12.7. The van der Waals surface area contributed by atoms with Crippen molar-refractivity contribution in [1.29, 1.82) is 0 Å². The highest BCUT2D eigenvalue weighted by molar-refractivity contribution is 5.94. The van der Waals surface area contributed by atoms with Gasteiger partial charge in [0.15, 0.2) is 0 Å². The highest BCUT2D eigenvalue weighted by Crippen LogP contribution is 2.11. The van der Waals surface area contributed by atoms with Gasteiger partial charge in [-0.2, -0.15) is 0 Å². The molecule has 0 aliphatic heterocycles. The standard InChI is InChI=1S/C18H18FN5O2/c19-15-6-8-17(9-7-15)26-11-2-1-10-20-18(25)14-4-3-5-16(12-14)24-13-21-22-23-24/h3-9,12-13H,1-2,10-11H2,(H,20,25). The molecule has 1 amide bonds. The lowest BCUT2D eigenvalue weighted by molar-refractivity contribution is 0.0952. The van der Waals surface area contributed by atoms with Gasteiger partial charge < -0.3 is 10.1 Å². The number of benzene rings is 2. The second-order valence-corrected chi connectivity index (χ2v) is 5.57. The minimum atomic E-state index is -0.288. The number of carbonyl (C=O) groups excluding carboxylic acids is 1. The van der Waals surface area contributed by atoms with Crippen molar-refractivity contribution >= 4 is 5.91 Å². The van der Waals surface area contributed by atoms with Crippen LogP contribution in [-0.2, 0) is 0 Å². The van der Waals surface area contributed by atoms with Gasteiger partial charge in [-0.1, -0.05) is 6.07 Å². The van der Waals surface area contributed by atoms with E-state index in [0.29, 0.717) is 24.5 Å². The fraction of sp³-hybridized carbons (Fsp3) is 0.222. The van der Waals surface area contributed by atoms with Gasteiger partial charge in [0.05, 0.1) is 12.3 Å². The van der Waals surface area contributed by atoms with Crippen molar-refractivity contribution in [3.63, 3.8) is 0 Å². The van der Waals surface area contributed by atoms with E-state index in [1.165, 1.54) is 23.1 Å². The zero-order chi connectivity index (χ0) is 18.2. The maximum Gasteiger partial charge on any atom is 0.251 e. The Morgan fingerprint density at radius 1 is 1.15 bits per heavy atom. The lowest BCUT2D eigenvalue weighted by Gasteiger charge is -2.08. The van der Waals surface area contributed by atoms with Crippen molar-refractivity contribution in [2.45, 2.75) is 12.8 Å². The Hall–Kier alpha value is -3.29. The zero-order valence-corrected chi connectivity index (χ0v) is 14.0. The molecule has 0 bridgehead atoms. The highest BCUT2D eigenvalue weighted by Gasteiger charge is 2.07. The monoisotopic (exact) mass is 355 g/mol. The number of nitrogens with zero attached hydrogens (tertiary/aromatic N) is 4. The number of ether oxygens (including phenoxy) is 1. The van der Waals surface area contributed by atoms with Crippen LogP contribution in [0.3, 0.4) is 0 Å². The molecule has 0 fully saturated rings. The molecule has 0 saturated carbocycles. The zero-order valence-electron chi connectivity index (χ0n) is 14.0. The molecule has 1 N–H and O–H groups in total. The number of aromatic nitrogens is 4. The van der Waals surface area contributed by atoms with Crippen molar-refractivity contribution in [2.75, 3.05) is 13.2 Å². The van der Waals surface area contributed by atoms with Gasteiger partial charge in [-0.3, -0.25) is 4.79 Å². The normalized spacial score (nSPS) is 10.5. The van der Waals surface area contributed by atoms with E-state index in [1.54, 1.807) is 30.3 Å². The molecular formula is C18H18FN5O2. The number of halogens is 1. The molecule has 0 spiro atoms. The van der Waals surface area contributed by atoms with Crippen LogP contribution in [0.2, 0.25) is 0 Å². The second-order valence-electron chi connectivity index (χ2n) is 5.57. The molecule has 8 heteroatoms. The van der Waals surface area contributed by atoms with Crippen LogP contribution in [0, 0.1) is 5.82 Å². The minimum Gasteiger partial charge on any atom is -0.494 e. The third-order valence-corrected chi connectivity index (χ3v) is 3.66. The molecule has 7 nitrogen and oxygen atoms in total. The Kier molecular flexibility index (Phi) is 5.87. The van der Waals surface area contributed by atoms with Crippen LogP contribution in [0.25, 0.3) is 5.69 Å². The fourth-order valence-corrected chi connectivity index (χ4v) is 2.32. The molecule has 3 aromatic rings. The maximum atomic E-state index is 12.8. The minimum absolute atomic E-state index is 0.153. The number of amides is 1. The third-order valence-electron chi connectivity index (χ3n) is 3.66. The van der Waals surface area contributed by atoms with Crippen LogP contribution in [0.5, 0.6) is 5.75 Å². The van der Waals surface area contributed by atoms with Gasteiger partial charge in [0.1, 0.15) is 17.9 Å². The van der Waals surface area contributed by atoms with E-state index in [1.807, 2.05) is 6.07 Å². The van der Waals surface area contributed by atoms with Gasteiger partial charge in [0.2, 0.25) is 0 Å². The van der Waals surface area contributed by atoms with Crippen molar-refractivity contribution in [2.24, 2.45) is 0 Å².